The average Bonchev–Trinajstić information content (AvgIpc) is 2.64. The average molecular weight is 236 g/mol. The largest absolute Gasteiger partial charge is 0.329 e. The summed E-state index contributed by atoms with van der Waals surface area (Å²) in [6.07, 6.45) is 6.09. The molecular formula is C13H24N4. The normalized spacial score (nSPS) is 16.8. The van der Waals surface area contributed by atoms with Crippen molar-refractivity contribution in [2.45, 2.75) is 51.7 Å². The second kappa shape index (κ2) is 5.65. The Bertz CT molecular complexity index is 341. The second-order valence-electron chi connectivity index (χ2n) is 5.22. The van der Waals surface area contributed by atoms with Crippen molar-refractivity contribution in [3.05, 3.63) is 18.0 Å². The lowest BCUT2D eigenvalue weighted by Crippen LogP contribution is -2.42. The Hall–Kier alpha value is -0.870. The highest BCUT2D eigenvalue weighted by atomic mass is 15.3. The first-order valence-corrected chi connectivity index (χ1v) is 6.69. The molecule has 2 rings (SSSR count). The van der Waals surface area contributed by atoms with Crippen molar-refractivity contribution in [1.29, 1.82) is 0 Å². The Balaban J connectivity index is 1.95. The molecule has 0 saturated heterocycles. The Labute approximate surface area is 104 Å². The van der Waals surface area contributed by atoms with Gasteiger partial charge in [0, 0.05) is 37.9 Å². The fraction of sp³-hybridized carbons (Fsp3) is 0.769. The number of aromatic nitrogens is 2. The first-order valence-electron chi connectivity index (χ1n) is 6.69. The Morgan fingerprint density at radius 3 is 2.76 bits per heavy atom. The maximum absolute atomic E-state index is 5.69. The van der Waals surface area contributed by atoms with Crippen molar-refractivity contribution >= 4 is 0 Å². The van der Waals surface area contributed by atoms with Gasteiger partial charge in [-0.05, 0) is 32.8 Å². The van der Waals surface area contributed by atoms with Crippen LogP contribution in [0.15, 0.2) is 12.3 Å². The van der Waals surface area contributed by atoms with E-state index in [2.05, 4.69) is 36.1 Å². The van der Waals surface area contributed by atoms with Gasteiger partial charge in [-0.3, -0.25) is 9.58 Å². The number of hydrogen-bond acceptors (Lipinski definition) is 3. The highest BCUT2D eigenvalue weighted by Gasteiger charge is 2.24. The number of hydrogen-bond donors (Lipinski definition) is 1. The fourth-order valence-electron chi connectivity index (χ4n) is 2.27. The lowest BCUT2D eigenvalue weighted by molar-refractivity contribution is 0.121. The first kappa shape index (κ1) is 12.6. The molecule has 2 N–H and O–H groups in total. The molecule has 1 aliphatic rings. The number of nitrogens with two attached hydrogens (primary N) is 1. The van der Waals surface area contributed by atoms with Crippen LogP contribution in [0.2, 0.25) is 0 Å². The molecule has 17 heavy (non-hydrogen) atoms. The van der Waals surface area contributed by atoms with Gasteiger partial charge in [0.2, 0.25) is 0 Å². The zero-order chi connectivity index (χ0) is 12.3. The third kappa shape index (κ3) is 3.07. The lowest BCUT2D eigenvalue weighted by Gasteiger charge is -2.36. The minimum Gasteiger partial charge on any atom is -0.329 e. The molecule has 1 saturated carbocycles. The zero-order valence-electron chi connectivity index (χ0n) is 11.0. The highest BCUT2D eigenvalue weighted by molar-refractivity contribution is 5.00. The number of rotatable bonds is 6. The van der Waals surface area contributed by atoms with Crippen LogP contribution in [0.4, 0.5) is 0 Å². The van der Waals surface area contributed by atoms with E-state index in [0.29, 0.717) is 6.04 Å². The van der Waals surface area contributed by atoms with Crippen LogP contribution in [0.25, 0.3) is 0 Å². The fourth-order valence-corrected chi connectivity index (χ4v) is 2.27. The summed E-state index contributed by atoms with van der Waals surface area (Å²) in [5.74, 6) is 0. The van der Waals surface area contributed by atoms with Crippen LogP contribution >= 0.6 is 0 Å². The molecule has 4 nitrogen and oxygen atoms in total. The molecule has 1 fully saturated rings. The summed E-state index contributed by atoms with van der Waals surface area (Å²) in [4.78, 5) is 2.48. The molecular weight excluding hydrogens is 212 g/mol. The third-order valence-corrected chi connectivity index (χ3v) is 3.57. The van der Waals surface area contributed by atoms with Gasteiger partial charge in [0.05, 0.1) is 5.69 Å². The van der Waals surface area contributed by atoms with Gasteiger partial charge in [-0.25, -0.2) is 0 Å². The van der Waals surface area contributed by atoms with Crippen molar-refractivity contribution in [2.75, 3.05) is 13.1 Å². The van der Waals surface area contributed by atoms with Gasteiger partial charge in [0.25, 0.3) is 0 Å². The predicted octanol–water partition coefficient (Wildman–Crippen LogP) is 1.78. The van der Waals surface area contributed by atoms with Gasteiger partial charge in [0.15, 0.2) is 0 Å². The molecule has 0 aliphatic heterocycles. The van der Waals surface area contributed by atoms with Crippen LogP contribution in [-0.2, 0) is 6.54 Å². The summed E-state index contributed by atoms with van der Waals surface area (Å²) in [6.45, 7) is 6.98. The molecule has 1 aromatic heterocycles. The predicted molar refractivity (Wildman–Crippen MR) is 69.7 cm³/mol. The first-order chi connectivity index (χ1) is 8.20. The van der Waals surface area contributed by atoms with E-state index in [0.717, 1.165) is 25.7 Å². The lowest BCUT2D eigenvalue weighted by atomic mass is 9.91. The molecule has 1 aliphatic carbocycles. The van der Waals surface area contributed by atoms with E-state index in [4.69, 9.17) is 5.73 Å². The zero-order valence-corrected chi connectivity index (χ0v) is 11.0. The van der Waals surface area contributed by atoms with Crippen LogP contribution in [0.1, 0.15) is 44.8 Å². The van der Waals surface area contributed by atoms with Gasteiger partial charge in [-0.15, -0.1) is 0 Å². The van der Waals surface area contributed by atoms with Gasteiger partial charge in [-0.2, -0.15) is 5.10 Å². The smallest absolute Gasteiger partial charge is 0.0765 e. The van der Waals surface area contributed by atoms with E-state index in [1.165, 1.54) is 25.0 Å². The summed E-state index contributed by atoms with van der Waals surface area (Å²) in [6, 6.07) is 3.31. The molecule has 96 valence electrons. The Morgan fingerprint density at radius 2 is 2.29 bits per heavy atom. The topological polar surface area (TPSA) is 47.1 Å². The van der Waals surface area contributed by atoms with E-state index < -0.39 is 0 Å². The van der Waals surface area contributed by atoms with Crippen molar-refractivity contribution in [1.82, 2.24) is 14.7 Å². The van der Waals surface area contributed by atoms with Gasteiger partial charge in [0.1, 0.15) is 0 Å². The summed E-state index contributed by atoms with van der Waals surface area (Å²) in [5, 5.41) is 4.61. The van der Waals surface area contributed by atoms with Crippen molar-refractivity contribution < 1.29 is 0 Å². The quantitative estimate of drug-likeness (QED) is 0.819. The molecule has 0 radical (unpaired) electrons. The number of nitrogens with zero attached hydrogens (tertiary/aromatic N) is 3. The molecule has 0 atom stereocenters. The van der Waals surface area contributed by atoms with E-state index in [1.807, 2.05) is 4.68 Å². The molecule has 0 spiro atoms. The Morgan fingerprint density at radius 1 is 1.53 bits per heavy atom. The standard InChI is InChI=1S/C13H24N4/c1-11(2)17-8-6-12(15-17)10-16(9-7-14)13-4-3-5-13/h6,8,11,13H,3-5,7,9-10,14H2,1-2H3. The second-order valence-corrected chi connectivity index (χ2v) is 5.22. The van der Waals surface area contributed by atoms with E-state index >= 15 is 0 Å². The van der Waals surface area contributed by atoms with Crippen LogP contribution in [0.5, 0.6) is 0 Å². The van der Waals surface area contributed by atoms with Crippen molar-refractivity contribution in [3.63, 3.8) is 0 Å². The highest BCUT2D eigenvalue weighted by Crippen LogP contribution is 2.25. The van der Waals surface area contributed by atoms with Gasteiger partial charge >= 0.3 is 0 Å². The summed E-state index contributed by atoms with van der Waals surface area (Å²) in [7, 11) is 0. The minimum atomic E-state index is 0.440. The van der Waals surface area contributed by atoms with Crippen LogP contribution in [0.3, 0.4) is 0 Å². The van der Waals surface area contributed by atoms with Crippen LogP contribution in [-0.4, -0.2) is 33.8 Å². The summed E-state index contributed by atoms with van der Waals surface area (Å²) in [5.41, 5.74) is 6.85. The maximum Gasteiger partial charge on any atom is 0.0765 e. The van der Waals surface area contributed by atoms with Gasteiger partial charge < -0.3 is 5.73 Å². The molecule has 0 bridgehead atoms. The molecule has 0 amide bonds. The molecule has 1 heterocycles. The third-order valence-electron chi connectivity index (χ3n) is 3.57. The molecule has 0 aromatic carbocycles. The van der Waals surface area contributed by atoms with E-state index in [9.17, 15) is 0 Å². The SMILES string of the molecule is CC(C)n1ccc(CN(CCN)C2CCC2)n1. The van der Waals surface area contributed by atoms with E-state index in [1.54, 1.807) is 0 Å². The molecule has 0 unspecified atom stereocenters. The Kier molecular flexibility index (Phi) is 4.18. The van der Waals surface area contributed by atoms with Crippen LogP contribution < -0.4 is 5.73 Å². The van der Waals surface area contributed by atoms with Gasteiger partial charge in [-0.1, -0.05) is 6.42 Å². The summed E-state index contributed by atoms with van der Waals surface area (Å²) >= 11 is 0. The molecule has 4 heteroatoms. The van der Waals surface area contributed by atoms with Crippen molar-refractivity contribution in [3.8, 4) is 0 Å². The summed E-state index contributed by atoms with van der Waals surface area (Å²) < 4.78 is 2.02. The monoisotopic (exact) mass is 236 g/mol. The van der Waals surface area contributed by atoms with E-state index in [-0.39, 0.29) is 0 Å². The van der Waals surface area contributed by atoms with Crippen LogP contribution in [0, 0.1) is 0 Å². The molecule has 1 aromatic rings. The maximum atomic E-state index is 5.69. The minimum absolute atomic E-state index is 0.440. The van der Waals surface area contributed by atoms with Crippen molar-refractivity contribution in [2.24, 2.45) is 5.73 Å².